The van der Waals surface area contributed by atoms with E-state index in [1.54, 1.807) is 12.1 Å². The molecule has 0 unspecified atom stereocenters. The van der Waals surface area contributed by atoms with Gasteiger partial charge in [0.25, 0.3) is 5.91 Å². The van der Waals surface area contributed by atoms with Gasteiger partial charge in [-0.15, -0.1) is 0 Å². The molecule has 0 heterocycles. The number of nitrogens with zero attached hydrogens (tertiary/aromatic N) is 1. The van der Waals surface area contributed by atoms with Crippen molar-refractivity contribution in [3.8, 4) is 0 Å². The number of benzene rings is 1. The maximum atomic E-state index is 12.6. The molecular formula is C16H23NO3S. The van der Waals surface area contributed by atoms with Crippen molar-refractivity contribution in [3.05, 3.63) is 29.8 Å². The molecule has 116 valence electrons. The standard InChI is InChI=1S/C16H23NO3S/c1-12(2)10-11-17(14-6-7-14)16(18)13-4-8-15(9-5-13)21(3,19)20/h4-5,8-9,12,14H,6-7,10-11H2,1-3H3. The van der Waals surface area contributed by atoms with Crippen molar-refractivity contribution in [1.82, 2.24) is 4.90 Å². The Balaban J connectivity index is 2.13. The van der Waals surface area contributed by atoms with Crippen LogP contribution in [0.5, 0.6) is 0 Å². The third-order valence-electron chi connectivity index (χ3n) is 3.73. The Bertz CT molecular complexity index is 601. The van der Waals surface area contributed by atoms with Gasteiger partial charge in [-0.3, -0.25) is 4.79 Å². The normalized spacial score (nSPS) is 15.2. The highest BCUT2D eigenvalue weighted by Crippen LogP contribution is 2.29. The highest BCUT2D eigenvalue weighted by atomic mass is 32.2. The molecule has 5 heteroatoms. The SMILES string of the molecule is CC(C)CCN(C(=O)c1ccc(S(C)(=O)=O)cc1)C1CC1. The molecule has 0 saturated heterocycles. The van der Waals surface area contributed by atoms with Crippen LogP contribution in [0.2, 0.25) is 0 Å². The lowest BCUT2D eigenvalue weighted by Gasteiger charge is -2.23. The van der Waals surface area contributed by atoms with E-state index in [0.29, 0.717) is 17.5 Å². The quantitative estimate of drug-likeness (QED) is 0.812. The summed E-state index contributed by atoms with van der Waals surface area (Å²) < 4.78 is 22.9. The van der Waals surface area contributed by atoms with E-state index in [0.717, 1.165) is 25.8 Å². The van der Waals surface area contributed by atoms with Crippen LogP contribution in [0.15, 0.2) is 29.2 Å². The molecule has 0 atom stereocenters. The van der Waals surface area contributed by atoms with Crippen molar-refractivity contribution in [3.63, 3.8) is 0 Å². The average Bonchev–Trinajstić information content (AvgIpc) is 3.22. The van der Waals surface area contributed by atoms with Crippen molar-refractivity contribution < 1.29 is 13.2 Å². The molecule has 1 aliphatic rings. The van der Waals surface area contributed by atoms with Gasteiger partial charge >= 0.3 is 0 Å². The minimum absolute atomic E-state index is 0.0122. The fraction of sp³-hybridized carbons (Fsp3) is 0.562. The number of carbonyl (C=O) groups excluding carboxylic acids is 1. The Labute approximate surface area is 127 Å². The first-order chi connectivity index (χ1) is 9.79. The van der Waals surface area contributed by atoms with Crippen LogP contribution in [0.1, 0.15) is 43.5 Å². The van der Waals surface area contributed by atoms with E-state index >= 15 is 0 Å². The molecule has 1 aliphatic carbocycles. The Morgan fingerprint density at radius 3 is 2.24 bits per heavy atom. The molecule has 1 aromatic rings. The van der Waals surface area contributed by atoms with Crippen LogP contribution in [-0.4, -0.2) is 38.1 Å². The maximum absolute atomic E-state index is 12.6. The predicted molar refractivity (Wildman–Crippen MR) is 83.1 cm³/mol. The van der Waals surface area contributed by atoms with E-state index in [4.69, 9.17) is 0 Å². The Morgan fingerprint density at radius 1 is 1.24 bits per heavy atom. The van der Waals surface area contributed by atoms with Crippen LogP contribution in [0.25, 0.3) is 0 Å². The third-order valence-corrected chi connectivity index (χ3v) is 4.85. The summed E-state index contributed by atoms with van der Waals surface area (Å²) in [6, 6.07) is 6.62. The van der Waals surface area contributed by atoms with Gasteiger partial charge in [0, 0.05) is 24.4 Å². The monoisotopic (exact) mass is 309 g/mol. The lowest BCUT2D eigenvalue weighted by Crippen LogP contribution is -2.34. The van der Waals surface area contributed by atoms with Crippen LogP contribution in [-0.2, 0) is 9.84 Å². The molecule has 0 N–H and O–H groups in total. The molecule has 2 rings (SSSR count). The third kappa shape index (κ3) is 4.30. The molecule has 0 spiro atoms. The summed E-state index contributed by atoms with van der Waals surface area (Å²) >= 11 is 0. The molecule has 0 bridgehead atoms. The average molecular weight is 309 g/mol. The Morgan fingerprint density at radius 2 is 1.81 bits per heavy atom. The minimum atomic E-state index is -3.22. The zero-order chi connectivity index (χ0) is 15.6. The lowest BCUT2D eigenvalue weighted by atomic mass is 10.1. The molecule has 1 aromatic carbocycles. The molecule has 0 radical (unpaired) electrons. The number of amides is 1. The summed E-state index contributed by atoms with van der Waals surface area (Å²) in [5, 5.41) is 0. The fourth-order valence-electron chi connectivity index (χ4n) is 2.24. The van der Waals surface area contributed by atoms with Crippen molar-refractivity contribution in [1.29, 1.82) is 0 Å². The summed E-state index contributed by atoms with van der Waals surface area (Å²) in [5.74, 6) is 0.574. The van der Waals surface area contributed by atoms with Gasteiger partial charge in [0.1, 0.15) is 0 Å². The Hall–Kier alpha value is -1.36. The second-order valence-electron chi connectivity index (χ2n) is 6.21. The van der Waals surface area contributed by atoms with Crippen molar-refractivity contribution in [2.24, 2.45) is 5.92 Å². The van der Waals surface area contributed by atoms with Crippen LogP contribution in [0, 0.1) is 5.92 Å². The van der Waals surface area contributed by atoms with Crippen LogP contribution in [0.4, 0.5) is 0 Å². The van der Waals surface area contributed by atoms with E-state index in [1.807, 2.05) is 4.90 Å². The smallest absolute Gasteiger partial charge is 0.254 e. The number of hydrogen-bond acceptors (Lipinski definition) is 3. The summed E-state index contributed by atoms with van der Waals surface area (Å²) in [4.78, 5) is 14.8. The van der Waals surface area contributed by atoms with Gasteiger partial charge in [-0.1, -0.05) is 13.8 Å². The first-order valence-corrected chi connectivity index (χ1v) is 9.29. The Kier molecular flexibility index (Phi) is 4.71. The maximum Gasteiger partial charge on any atom is 0.254 e. The van der Waals surface area contributed by atoms with Crippen molar-refractivity contribution in [2.45, 2.75) is 44.0 Å². The van der Waals surface area contributed by atoms with E-state index in [2.05, 4.69) is 13.8 Å². The van der Waals surface area contributed by atoms with Gasteiger partial charge < -0.3 is 4.90 Å². The number of sulfone groups is 1. The highest BCUT2D eigenvalue weighted by Gasteiger charge is 2.32. The zero-order valence-electron chi connectivity index (χ0n) is 12.9. The number of rotatable bonds is 6. The number of hydrogen-bond donors (Lipinski definition) is 0. The van der Waals surface area contributed by atoms with Gasteiger partial charge in [0.05, 0.1) is 4.90 Å². The molecule has 1 amide bonds. The van der Waals surface area contributed by atoms with Crippen LogP contribution < -0.4 is 0 Å². The molecule has 21 heavy (non-hydrogen) atoms. The van der Waals surface area contributed by atoms with Gasteiger partial charge in [-0.2, -0.15) is 0 Å². The first kappa shape index (κ1) is 16.0. The number of carbonyl (C=O) groups is 1. The van der Waals surface area contributed by atoms with E-state index in [9.17, 15) is 13.2 Å². The van der Waals surface area contributed by atoms with E-state index in [1.165, 1.54) is 18.4 Å². The summed E-state index contributed by atoms with van der Waals surface area (Å²) in [6.45, 7) is 5.07. The summed E-state index contributed by atoms with van der Waals surface area (Å²) in [5.41, 5.74) is 0.568. The highest BCUT2D eigenvalue weighted by molar-refractivity contribution is 7.90. The molecular weight excluding hydrogens is 286 g/mol. The largest absolute Gasteiger partial charge is 0.336 e. The summed E-state index contributed by atoms with van der Waals surface area (Å²) in [7, 11) is -3.22. The summed E-state index contributed by atoms with van der Waals surface area (Å²) in [6.07, 6.45) is 4.31. The van der Waals surface area contributed by atoms with Gasteiger partial charge in [0.2, 0.25) is 0 Å². The van der Waals surface area contributed by atoms with Crippen molar-refractivity contribution >= 4 is 15.7 Å². The van der Waals surface area contributed by atoms with E-state index in [-0.39, 0.29) is 10.8 Å². The molecule has 1 saturated carbocycles. The molecule has 0 aliphatic heterocycles. The van der Waals surface area contributed by atoms with Crippen LogP contribution in [0.3, 0.4) is 0 Å². The van der Waals surface area contributed by atoms with Gasteiger partial charge in [0.15, 0.2) is 9.84 Å². The van der Waals surface area contributed by atoms with Gasteiger partial charge in [-0.25, -0.2) is 8.42 Å². The molecule has 1 fully saturated rings. The van der Waals surface area contributed by atoms with E-state index < -0.39 is 9.84 Å². The molecule has 0 aromatic heterocycles. The van der Waals surface area contributed by atoms with Crippen molar-refractivity contribution in [2.75, 3.05) is 12.8 Å². The topological polar surface area (TPSA) is 54.5 Å². The minimum Gasteiger partial charge on any atom is -0.336 e. The first-order valence-electron chi connectivity index (χ1n) is 7.40. The predicted octanol–water partition coefficient (Wildman–Crippen LogP) is 2.74. The second kappa shape index (κ2) is 6.18. The molecule has 4 nitrogen and oxygen atoms in total. The second-order valence-corrected chi connectivity index (χ2v) is 8.22. The lowest BCUT2D eigenvalue weighted by molar-refractivity contribution is 0.0735. The zero-order valence-corrected chi connectivity index (χ0v) is 13.7. The fourth-order valence-corrected chi connectivity index (χ4v) is 2.87. The van der Waals surface area contributed by atoms with Gasteiger partial charge in [-0.05, 0) is 49.4 Å². The van der Waals surface area contributed by atoms with Crippen LogP contribution >= 0.6 is 0 Å².